The number of nitrogens with zero attached hydrogens (tertiary/aromatic N) is 7. The molecular formula is C34H46N8O5. The summed E-state index contributed by atoms with van der Waals surface area (Å²) in [5.74, 6) is 0.958. The van der Waals surface area contributed by atoms with Gasteiger partial charge in [-0.1, -0.05) is 12.1 Å². The van der Waals surface area contributed by atoms with Crippen molar-refractivity contribution in [1.29, 1.82) is 0 Å². The Bertz CT molecular complexity index is 1500. The molecule has 1 amide bonds. The highest BCUT2D eigenvalue weighted by atomic mass is 16.6. The third kappa shape index (κ3) is 10.4. The van der Waals surface area contributed by atoms with Gasteiger partial charge in [-0.15, -0.1) is 0 Å². The summed E-state index contributed by atoms with van der Waals surface area (Å²) in [7, 11) is 5.10. The second-order valence-electron chi connectivity index (χ2n) is 12.6. The van der Waals surface area contributed by atoms with Crippen molar-refractivity contribution in [1.82, 2.24) is 29.7 Å². The molecule has 1 unspecified atom stereocenters. The lowest BCUT2D eigenvalue weighted by molar-refractivity contribution is -0.150. The monoisotopic (exact) mass is 646 g/mol. The number of ether oxygens (including phenoxy) is 2. The molecule has 0 saturated carbocycles. The molecule has 0 radical (unpaired) electrons. The summed E-state index contributed by atoms with van der Waals surface area (Å²) in [4.78, 5) is 57.2. The van der Waals surface area contributed by atoms with Crippen molar-refractivity contribution in [2.24, 2.45) is 0 Å². The summed E-state index contributed by atoms with van der Waals surface area (Å²) < 4.78 is 10.5. The minimum absolute atomic E-state index is 0.299. The Morgan fingerprint density at radius 1 is 1.09 bits per heavy atom. The number of carbonyl (C=O) groups is 3. The van der Waals surface area contributed by atoms with E-state index in [1.807, 2.05) is 80.1 Å². The fraction of sp³-hybridized carbons (Fsp3) is 0.471. The normalized spacial score (nSPS) is 15.5. The minimum Gasteiger partial charge on any atom is -0.468 e. The molecule has 4 rings (SSSR count). The molecule has 1 N–H and O–H groups in total. The lowest BCUT2D eigenvalue weighted by Crippen LogP contribution is -2.56. The van der Waals surface area contributed by atoms with E-state index in [1.54, 1.807) is 24.3 Å². The first kappa shape index (κ1) is 35.2. The van der Waals surface area contributed by atoms with Gasteiger partial charge in [0.15, 0.2) is 0 Å². The SMILES string of the molecule is COC(=O)C1CN(CC=O)CCN1Cc1cccc(Nc2nccc(-c3ccc(N(C)CCCN(C)C(=O)OC(C)(C)C)nc3)n2)c1. The number of rotatable bonds is 13. The summed E-state index contributed by atoms with van der Waals surface area (Å²) in [6.45, 7) is 9.51. The van der Waals surface area contributed by atoms with Crippen molar-refractivity contribution >= 4 is 35.8 Å². The summed E-state index contributed by atoms with van der Waals surface area (Å²) in [6.07, 6.45) is 4.79. The first-order valence-electron chi connectivity index (χ1n) is 15.7. The van der Waals surface area contributed by atoms with Crippen molar-refractivity contribution < 1.29 is 23.9 Å². The first-order chi connectivity index (χ1) is 22.5. The van der Waals surface area contributed by atoms with Crippen molar-refractivity contribution in [3.05, 3.63) is 60.4 Å². The number of nitrogens with one attached hydrogen (secondary N) is 1. The molecule has 0 spiro atoms. The van der Waals surface area contributed by atoms with Crippen LogP contribution in [0.2, 0.25) is 0 Å². The van der Waals surface area contributed by atoms with Crippen LogP contribution in [0, 0.1) is 0 Å². The number of pyridine rings is 1. The van der Waals surface area contributed by atoms with Crippen LogP contribution >= 0.6 is 0 Å². The Labute approximate surface area is 276 Å². The van der Waals surface area contributed by atoms with Gasteiger partial charge in [0.2, 0.25) is 5.95 Å². The molecule has 1 saturated heterocycles. The number of esters is 1. The maximum absolute atomic E-state index is 12.5. The van der Waals surface area contributed by atoms with Gasteiger partial charge in [-0.3, -0.25) is 14.6 Å². The van der Waals surface area contributed by atoms with Crippen LogP contribution in [0.1, 0.15) is 32.8 Å². The highest BCUT2D eigenvalue weighted by Gasteiger charge is 2.33. The summed E-state index contributed by atoms with van der Waals surface area (Å²) >= 11 is 0. The van der Waals surface area contributed by atoms with Gasteiger partial charge in [-0.2, -0.15) is 0 Å². The molecule has 3 aromatic rings. The van der Waals surface area contributed by atoms with Gasteiger partial charge in [-0.25, -0.2) is 19.7 Å². The second kappa shape index (κ2) is 16.3. The smallest absolute Gasteiger partial charge is 0.410 e. The zero-order chi connectivity index (χ0) is 34.0. The quantitative estimate of drug-likeness (QED) is 0.214. The molecule has 1 aliphatic heterocycles. The lowest BCUT2D eigenvalue weighted by Gasteiger charge is -2.39. The van der Waals surface area contributed by atoms with E-state index in [0.29, 0.717) is 45.2 Å². The second-order valence-corrected chi connectivity index (χ2v) is 12.6. The van der Waals surface area contributed by atoms with Gasteiger partial charge in [-0.05, 0) is 63.1 Å². The standard InChI is InChI=1S/C34H46N8O5/c1-34(2,3)47-33(45)40(5)16-8-15-39(4)30-12-11-26(22-36-30)28-13-14-35-32(38-28)37-27-10-7-9-25(21-27)23-42-18-17-41(19-20-43)24-29(42)31(44)46-6/h7,9-14,20-22,29H,8,15-19,23-24H2,1-6H3,(H,35,37,38). The fourth-order valence-corrected chi connectivity index (χ4v) is 5.24. The predicted octanol–water partition coefficient (Wildman–Crippen LogP) is 3.83. The van der Waals surface area contributed by atoms with Crippen LogP contribution in [0.4, 0.5) is 22.2 Å². The third-order valence-electron chi connectivity index (χ3n) is 7.73. The average molecular weight is 647 g/mol. The highest BCUT2D eigenvalue weighted by Crippen LogP contribution is 2.23. The molecule has 3 heterocycles. The van der Waals surface area contributed by atoms with Crippen molar-refractivity contribution in [3.8, 4) is 11.3 Å². The van der Waals surface area contributed by atoms with Gasteiger partial charge in [0.1, 0.15) is 23.7 Å². The number of aldehydes is 1. The molecule has 2 aromatic heterocycles. The number of anilines is 3. The van der Waals surface area contributed by atoms with Crippen LogP contribution in [0.3, 0.4) is 0 Å². The maximum Gasteiger partial charge on any atom is 0.410 e. The van der Waals surface area contributed by atoms with Gasteiger partial charge in [0.25, 0.3) is 0 Å². The topological polar surface area (TPSA) is 133 Å². The van der Waals surface area contributed by atoms with E-state index >= 15 is 0 Å². The van der Waals surface area contributed by atoms with Gasteiger partial charge in [0.05, 0.1) is 19.3 Å². The van der Waals surface area contributed by atoms with Crippen LogP contribution in [0.5, 0.6) is 0 Å². The zero-order valence-electron chi connectivity index (χ0n) is 28.2. The van der Waals surface area contributed by atoms with E-state index in [4.69, 9.17) is 14.5 Å². The van der Waals surface area contributed by atoms with E-state index in [-0.39, 0.29) is 12.1 Å². The molecule has 1 aliphatic rings. The Kier molecular flexibility index (Phi) is 12.2. The minimum atomic E-state index is -0.520. The number of amides is 1. The van der Waals surface area contributed by atoms with Crippen LogP contribution in [-0.2, 0) is 25.6 Å². The Morgan fingerprint density at radius 2 is 1.89 bits per heavy atom. The van der Waals surface area contributed by atoms with E-state index < -0.39 is 11.6 Å². The van der Waals surface area contributed by atoms with Crippen LogP contribution < -0.4 is 10.2 Å². The van der Waals surface area contributed by atoms with Gasteiger partial charge < -0.3 is 29.4 Å². The lowest BCUT2D eigenvalue weighted by atomic mass is 10.1. The number of carbonyl (C=O) groups excluding carboxylic acids is 3. The predicted molar refractivity (Wildman–Crippen MR) is 180 cm³/mol. The molecule has 1 aromatic carbocycles. The van der Waals surface area contributed by atoms with E-state index in [1.165, 1.54) is 7.11 Å². The van der Waals surface area contributed by atoms with E-state index in [0.717, 1.165) is 47.6 Å². The zero-order valence-corrected chi connectivity index (χ0v) is 28.2. The fourth-order valence-electron chi connectivity index (χ4n) is 5.24. The number of aromatic nitrogens is 3. The molecule has 47 heavy (non-hydrogen) atoms. The number of methoxy groups -OCH3 is 1. The number of benzene rings is 1. The molecule has 13 heteroatoms. The highest BCUT2D eigenvalue weighted by molar-refractivity contribution is 5.76. The molecule has 0 bridgehead atoms. The number of hydrogen-bond acceptors (Lipinski definition) is 12. The van der Waals surface area contributed by atoms with Gasteiger partial charge >= 0.3 is 12.1 Å². The first-order valence-corrected chi connectivity index (χ1v) is 15.7. The van der Waals surface area contributed by atoms with Crippen LogP contribution in [0.15, 0.2) is 54.9 Å². The van der Waals surface area contributed by atoms with Crippen molar-refractivity contribution in [3.63, 3.8) is 0 Å². The molecule has 0 aliphatic carbocycles. The molecule has 252 valence electrons. The van der Waals surface area contributed by atoms with Crippen molar-refractivity contribution in [2.75, 3.05) is 70.7 Å². The maximum atomic E-state index is 12.5. The third-order valence-corrected chi connectivity index (χ3v) is 7.73. The van der Waals surface area contributed by atoms with E-state index in [9.17, 15) is 14.4 Å². The molecule has 1 fully saturated rings. The van der Waals surface area contributed by atoms with E-state index in [2.05, 4.69) is 20.2 Å². The number of hydrogen-bond donors (Lipinski definition) is 1. The summed E-state index contributed by atoms with van der Waals surface area (Å²) in [5, 5.41) is 3.30. The Hall–Kier alpha value is -4.62. The van der Waals surface area contributed by atoms with Gasteiger partial charge in [0, 0.05) is 77.0 Å². The molecule has 1 atom stereocenters. The summed E-state index contributed by atoms with van der Waals surface area (Å²) in [6, 6.07) is 13.2. The largest absolute Gasteiger partial charge is 0.468 e. The summed E-state index contributed by atoms with van der Waals surface area (Å²) in [5.41, 5.74) is 2.90. The van der Waals surface area contributed by atoms with Crippen molar-refractivity contribution in [2.45, 2.75) is 45.4 Å². The Morgan fingerprint density at radius 3 is 2.60 bits per heavy atom. The molecular weight excluding hydrogens is 600 g/mol. The van der Waals surface area contributed by atoms with Crippen LogP contribution in [-0.4, -0.2) is 120 Å². The Balaban J connectivity index is 1.34. The molecule has 13 nitrogen and oxygen atoms in total. The average Bonchev–Trinajstić information content (AvgIpc) is 3.04. The van der Waals surface area contributed by atoms with Crippen LogP contribution in [0.25, 0.3) is 11.3 Å². The number of piperazine rings is 1.